The highest BCUT2D eigenvalue weighted by molar-refractivity contribution is 7.89. The fourth-order valence-electron chi connectivity index (χ4n) is 2.51. The van der Waals surface area contributed by atoms with Gasteiger partial charge in [-0.2, -0.15) is 0 Å². The van der Waals surface area contributed by atoms with Crippen molar-refractivity contribution in [3.63, 3.8) is 0 Å². The van der Waals surface area contributed by atoms with Crippen molar-refractivity contribution in [2.45, 2.75) is 37.7 Å². The summed E-state index contributed by atoms with van der Waals surface area (Å²) < 4.78 is 32.5. The zero-order valence-electron chi connectivity index (χ0n) is 17.6. The largest absolute Gasteiger partial charge is 0.444 e. The van der Waals surface area contributed by atoms with Crippen LogP contribution >= 0.6 is 11.6 Å². The van der Waals surface area contributed by atoms with Crippen LogP contribution in [0.25, 0.3) is 0 Å². The molecule has 0 aliphatic carbocycles. The molecule has 31 heavy (non-hydrogen) atoms. The smallest absolute Gasteiger partial charge is 0.407 e. The first kappa shape index (κ1) is 24.6. The van der Waals surface area contributed by atoms with E-state index >= 15 is 0 Å². The Kier molecular flexibility index (Phi) is 8.43. The van der Waals surface area contributed by atoms with E-state index in [1.54, 1.807) is 51.1 Å². The zero-order chi connectivity index (χ0) is 23.1. The van der Waals surface area contributed by atoms with Gasteiger partial charge >= 0.3 is 6.09 Å². The zero-order valence-corrected chi connectivity index (χ0v) is 19.1. The number of halogens is 1. The number of hydrogen-bond acceptors (Lipinski definition) is 5. The number of amides is 2. The van der Waals surface area contributed by atoms with E-state index in [0.717, 1.165) is 0 Å². The number of sulfonamides is 1. The summed E-state index contributed by atoms with van der Waals surface area (Å²) in [7, 11) is -3.83. The third kappa shape index (κ3) is 8.56. The molecule has 0 atom stereocenters. The van der Waals surface area contributed by atoms with Gasteiger partial charge in [0.25, 0.3) is 0 Å². The van der Waals surface area contributed by atoms with E-state index in [1.807, 2.05) is 0 Å². The van der Waals surface area contributed by atoms with E-state index in [9.17, 15) is 18.0 Å². The Morgan fingerprint density at radius 1 is 1.03 bits per heavy atom. The SMILES string of the molecule is CC(C)(C)OC(=O)NCCNS(=O)(=O)c1cccc(NC(=O)Cc2ccccc2Cl)c1. The Balaban J connectivity index is 1.91. The molecule has 2 aromatic rings. The van der Waals surface area contributed by atoms with E-state index in [2.05, 4.69) is 15.4 Å². The molecule has 0 saturated carbocycles. The third-order valence-corrected chi connectivity index (χ3v) is 5.65. The molecule has 0 aliphatic heterocycles. The summed E-state index contributed by atoms with van der Waals surface area (Å²) in [5.41, 5.74) is 0.372. The van der Waals surface area contributed by atoms with Crippen LogP contribution in [0.4, 0.5) is 10.5 Å². The molecule has 0 aliphatic rings. The summed E-state index contributed by atoms with van der Waals surface area (Å²) in [6.07, 6.45) is -0.569. The molecule has 8 nitrogen and oxygen atoms in total. The number of nitrogens with one attached hydrogen (secondary N) is 3. The minimum Gasteiger partial charge on any atom is -0.444 e. The summed E-state index contributed by atoms with van der Waals surface area (Å²) in [6.45, 7) is 5.23. The van der Waals surface area contributed by atoms with Crippen molar-refractivity contribution in [2.75, 3.05) is 18.4 Å². The fourth-order valence-corrected chi connectivity index (χ4v) is 3.79. The topological polar surface area (TPSA) is 114 Å². The van der Waals surface area contributed by atoms with Gasteiger partial charge in [0.05, 0.1) is 11.3 Å². The molecule has 0 saturated heterocycles. The second-order valence-corrected chi connectivity index (χ2v) is 9.84. The van der Waals surface area contributed by atoms with Crippen LogP contribution in [0, 0.1) is 0 Å². The van der Waals surface area contributed by atoms with E-state index < -0.39 is 21.7 Å². The van der Waals surface area contributed by atoms with Gasteiger partial charge in [-0.25, -0.2) is 17.9 Å². The average Bonchev–Trinajstić information content (AvgIpc) is 2.66. The predicted octanol–water partition coefficient (Wildman–Crippen LogP) is 3.32. The summed E-state index contributed by atoms with van der Waals surface area (Å²) in [4.78, 5) is 23.9. The standard InChI is InChI=1S/C21H26ClN3O5S/c1-21(2,3)30-20(27)23-11-12-24-31(28,29)17-9-6-8-16(14-17)25-19(26)13-15-7-4-5-10-18(15)22/h4-10,14,24H,11-13H2,1-3H3,(H,23,27)(H,25,26). The van der Waals surface area contributed by atoms with Crippen LogP contribution in [0.15, 0.2) is 53.4 Å². The molecule has 2 amide bonds. The van der Waals surface area contributed by atoms with Crippen LogP contribution < -0.4 is 15.4 Å². The molecule has 3 N–H and O–H groups in total. The Hall–Kier alpha value is -2.62. The van der Waals surface area contributed by atoms with Crippen LogP contribution in [0.2, 0.25) is 5.02 Å². The molecular formula is C21H26ClN3O5S. The maximum atomic E-state index is 12.5. The van der Waals surface area contributed by atoms with Gasteiger partial charge in [0, 0.05) is 23.8 Å². The van der Waals surface area contributed by atoms with Gasteiger partial charge in [0.15, 0.2) is 0 Å². The van der Waals surface area contributed by atoms with Crippen molar-refractivity contribution < 1.29 is 22.7 Å². The Bertz CT molecular complexity index is 1040. The van der Waals surface area contributed by atoms with E-state index in [4.69, 9.17) is 16.3 Å². The van der Waals surface area contributed by atoms with Crippen molar-refractivity contribution in [3.8, 4) is 0 Å². The van der Waals surface area contributed by atoms with Gasteiger partial charge in [-0.3, -0.25) is 4.79 Å². The highest BCUT2D eigenvalue weighted by Crippen LogP contribution is 2.18. The second-order valence-electron chi connectivity index (χ2n) is 7.67. The number of alkyl carbamates (subject to hydrolysis) is 1. The lowest BCUT2D eigenvalue weighted by Gasteiger charge is -2.19. The highest BCUT2D eigenvalue weighted by atomic mass is 35.5. The molecular weight excluding hydrogens is 442 g/mol. The van der Waals surface area contributed by atoms with Crippen LogP contribution in [-0.4, -0.2) is 39.1 Å². The molecule has 10 heteroatoms. The molecule has 0 spiro atoms. The van der Waals surface area contributed by atoms with Crippen LogP contribution in [0.3, 0.4) is 0 Å². The normalized spacial score (nSPS) is 11.6. The summed E-state index contributed by atoms with van der Waals surface area (Å²) in [5, 5.41) is 5.63. The molecule has 168 valence electrons. The Labute approximate surface area is 187 Å². The monoisotopic (exact) mass is 467 g/mol. The van der Waals surface area contributed by atoms with Crippen molar-refractivity contribution in [1.29, 1.82) is 0 Å². The number of rotatable bonds is 8. The minimum absolute atomic E-state index is 0.0136. The summed E-state index contributed by atoms with van der Waals surface area (Å²) in [6, 6.07) is 12.9. The van der Waals surface area contributed by atoms with E-state index in [1.165, 1.54) is 18.2 Å². The first-order valence-electron chi connectivity index (χ1n) is 9.56. The number of hydrogen-bond donors (Lipinski definition) is 3. The quantitative estimate of drug-likeness (QED) is 0.515. The van der Waals surface area contributed by atoms with Crippen molar-refractivity contribution in [3.05, 3.63) is 59.1 Å². The van der Waals surface area contributed by atoms with E-state index in [-0.39, 0.29) is 30.3 Å². The molecule has 0 heterocycles. The number of carbonyl (C=O) groups excluding carboxylic acids is 2. The van der Waals surface area contributed by atoms with E-state index in [0.29, 0.717) is 16.3 Å². The lowest BCUT2D eigenvalue weighted by Crippen LogP contribution is -2.37. The van der Waals surface area contributed by atoms with Crippen LogP contribution in [0.1, 0.15) is 26.3 Å². The first-order valence-corrected chi connectivity index (χ1v) is 11.4. The molecule has 0 bridgehead atoms. The number of carbonyl (C=O) groups is 2. The third-order valence-electron chi connectivity index (χ3n) is 3.82. The van der Waals surface area contributed by atoms with Crippen molar-refractivity contribution in [2.24, 2.45) is 0 Å². The average molecular weight is 468 g/mol. The van der Waals surface area contributed by atoms with Gasteiger partial charge in [-0.1, -0.05) is 35.9 Å². The van der Waals surface area contributed by atoms with Crippen LogP contribution in [-0.2, 0) is 26.0 Å². The summed E-state index contributed by atoms with van der Waals surface area (Å²) >= 11 is 6.07. The minimum atomic E-state index is -3.83. The first-order chi connectivity index (χ1) is 14.5. The van der Waals surface area contributed by atoms with Gasteiger partial charge in [-0.15, -0.1) is 0 Å². The van der Waals surface area contributed by atoms with Gasteiger partial charge < -0.3 is 15.4 Å². The molecule has 2 rings (SSSR count). The van der Waals surface area contributed by atoms with Gasteiger partial charge in [0.2, 0.25) is 15.9 Å². The molecule has 0 unspecified atom stereocenters. The number of ether oxygens (including phenoxy) is 1. The van der Waals surface area contributed by atoms with Gasteiger partial charge in [0.1, 0.15) is 5.60 Å². The highest BCUT2D eigenvalue weighted by Gasteiger charge is 2.17. The van der Waals surface area contributed by atoms with Gasteiger partial charge in [-0.05, 0) is 50.6 Å². The fraction of sp³-hybridized carbons (Fsp3) is 0.333. The Morgan fingerprint density at radius 2 is 1.74 bits per heavy atom. The lowest BCUT2D eigenvalue weighted by molar-refractivity contribution is -0.115. The number of benzene rings is 2. The molecule has 0 fully saturated rings. The maximum absolute atomic E-state index is 12.5. The van der Waals surface area contributed by atoms with Crippen LogP contribution in [0.5, 0.6) is 0 Å². The Morgan fingerprint density at radius 3 is 2.42 bits per heavy atom. The molecule has 0 aromatic heterocycles. The van der Waals surface area contributed by atoms with Crippen molar-refractivity contribution >= 4 is 39.3 Å². The number of anilines is 1. The maximum Gasteiger partial charge on any atom is 0.407 e. The lowest BCUT2D eigenvalue weighted by atomic mass is 10.1. The molecule has 2 aromatic carbocycles. The molecule has 0 radical (unpaired) electrons. The predicted molar refractivity (Wildman–Crippen MR) is 120 cm³/mol. The second kappa shape index (κ2) is 10.6. The summed E-state index contributed by atoms with van der Waals surface area (Å²) in [5.74, 6) is -0.322. The van der Waals surface area contributed by atoms with Crippen molar-refractivity contribution in [1.82, 2.24) is 10.0 Å².